The number of carbonyl (C=O) groups excluding carboxylic acids is 1. The van der Waals surface area contributed by atoms with Crippen LogP contribution in [0.25, 0.3) is 11.5 Å². The normalized spacial score (nSPS) is 15.3. The number of nitrogens with one attached hydrogen (secondary N) is 1. The second-order valence-electron chi connectivity index (χ2n) is 5.84. The lowest BCUT2D eigenvalue weighted by atomic mass is 10.2. The van der Waals surface area contributed by atoms with E-state index in [2.05, 4.69) is 15.2 Å². The van der Waals surface area contributed by atoms with Gasteiger partial charge in [-0.3, -0.25) is 9.89 Å². The topological polar surface area (TPSA) is 114 Å². The van der Waals surface area contributed by atoms with Crippen molar-refractivity contribution in [3.05, 3.63) is 42.5 Å². The van der Waals surface area contributed by atoms with Gasteiger partial charge in [-0.15, -0.1) is 0 Å². The van der Waals surface area contributed by atoms with E-state index in [1.165, 1.54) is 21.9 Å². The van der Waals surface area contributed by atoms with Crippen LogP contribution in [-0.4, -0.2) is 57.3 Å². The van der Waals surface area contributed by atoms with Gasteiger partial charge in [0.05, 0.1) is 6.26 Å². The van der Waals surface area contributed by atoms with Crippen molar-refractivity contribution < 1.29 is 17.6 Å². The van der Waals surface area contributed by atoms with Gasteiger partial charge < -0.3 is 13.9 Å². The van der Waals surface area contributed by atoms with E-state index in [9.17, 15) is 13.2 Å². The van der Waals surface area contributed by atoms with Crippen LogP contribution < -0.4 is 0 Å². The molecule has 3 aromatic heterocycles. The number of aromatic amines is 1. The number of amides is 1. The minimum atomic E-state index is -3.55. The van der Waals surface area contributed by atoms with Crippen molar-refractivity contribution in [2.75, 3.05) is 13.1 Å². The average Bonchev–Trinajstić information content (AvgIpc) is 3.26. The van der Waals surface area contributed by atoms with Crippen LogP contribution in [0.1, 0.15) is 10.5 Å². The summed E-state index contributed by atoms with van der Waals surface area (Å²) < 4.78 is 31.7. The molecule has 1 aliphatic heterocycles. The Kier molecular flexibility index (Phi) is 3.49. The van der Waals surface area contributed by atoms with Crippen molar-refractivity contribution in [2.24, 2.45) is 7.05 Å². The summed E-state index contributed by atoms with van der Waals surface area (Å²) in [5.41, 5.74) is 0.810. The Bertz CT molecular complexity index is 1010. The maximum Gasteiger partial charge on any atom is 0.274 e. The van der Waals surface area contributed by atoms with Gasteiger partial charge in [0.1, 0.15) is 10.9 Å². The molecule has 0 bridgehead atoms. The molecule has 0 radical (unpaired) electrons. The van der Waals surface area contributed by atoms with Crippen LogP contribution in [0, 0.1) is 0 Å². The number of hydrogen-bond acceptors (Lipinski definition) is 6. The molecule has 1 saturated heterocycles. The molecule has 0 unspecified atom stereocenters. The Labute approximate surface area is 143 Å². The molecule has 9 nitrogen and oxygen atoms in total. The Morgan fingerprint density at radius 1 is 1.40 bits per heavy atom. The van der Waals surface area contributed by atoms with E-state index in [1.807, 2.05) is 0 Å². The maximum absolute atomic E-state index is 12.5. The van der Waals surface area contributed by atoms with Gasteiger partial charge in [-0.05, 0) is 12.1 Å². The summed E-state index contributed by atoms with van der Waals surface area (Å²) in [5, 5.41) is 6.09. The van der Waals surface area contributed by atoms with Gasteiger partial charge in [0, 0.05) is 38.6 Å². The molecule has 0 aliphatic carbocycles. The van der Waals surface area contributed by atoms with Crippen LogP contribution in [0.2, 0.25) is 0 Å². The lowest BCUT2D eigenvalue weighted by molar-refractivity contribution is 0.0652. The first kappa shape index (κ1) is 15.6. The fourth-order valence-corrected chi connectivity index (χ4v) is 4.45. The highest BCUT2D eigenvalue weighted by atomic mass is 32.2. The lowest BCUT2D eigenvalue weighted by Gasteiger charge is -2.37. The first-order valence-corrected chi connectivity index (χ1v) is 9.11. The molecule has 3 aromatic rings. The number of rotatable bonds is 4. The Morgan fingerprint density at radius 3 is 2.84 bits per heavy atom. The van der Waals surface area contributed by atoms with E-state index in [0.29, 0.717) is 11.5 Å². The number of aryl methyl sites for hydroxylation is 1. The van der Waals surface area contributed by atoms with Gasteiger partial charge in [0.25, 0.3) is 5.91 Å². The molecule has 1 aliphatic rings. The van der Waals surface area contributed by atoms with Gasteiger partial charge in [0.2, 0.25) is 15.0 Å². The second kappa shape index (κ2) is 5.59. The third kappa shape index (κ3) is 2.54. The number of aromatic nitrogens is 4. The molecule has 4 rings (SSSR count). The van der Waals surface area contributed by atoms with Crippen LogP contribution in [0.5, 0.6) is 0 Å². The van der Waals surface area contributed by atoms with Crippen LogP contribution in [-0.2, 0) is 16.9 Å². The Morgan fingerprint density at radius 2 is 2.20 bits per heavy atom. The molecule has 1 amide bonds. The number of H-pyrrole nitrogens is 1. The van der Waals surface area contributed by atoms with Gasteiger partial charge in [-0.1, -0.05) is 0 Å². The van der Waals surface area contributed by atoms with Gasteiger partial charge >= 0.3 is 0 Å². The Balaban J connectivity index is 1.46. The molecular weight excluding hydrogens is 346 g/mol. The first-order valence-electron chi connectivity index (χ1n) is 7.56. The molecular formula is C15H15N5O4S. The van der Waals surface area contributed by atoms with E-state index < -0.39 is 15.1 Å². The Hall–Kier alpha value is -2.88. The number of likely N-dealkylation sites (tertiary alicyclic amines) is 1. The molecule has 0 aromatic carbocycles. The smallest absolute Gasteiger partial charge is 0.274 e. The van der Waals surface area contributed by atoms with Crippen molar-refractivity contribution in [1.82, 2.24) is 24.6 Å². The van der Waals surface area contributed by atoms with Gasteiger partial charge in [-0.25, -0.2) is 13.4 Å². The van der Waals surface area contributed by atoms with Crippen LogP contribution in [0.15, 0.2) is 46.4 Å². The molecule has 25 heavy (non-hydrogen) atoms. The fraction of sp³-hybridized carbons (Fsp3) is 0.267. The number of sulfone groups is 1. The van der Waals surface area contributed by atoms with Crippen molar-refractivity contribution in [1.29, 1.82) is 0 Å². The minimum Gasteiger partial charge on any atom is -0.463 e. The summed E-state index contributed by atoms with van der Waals surface area (Å²) in [5.74, 6) is 0.255. The number of hydrogen-bond donors (Lipinski definition) is 1. The summed E-state index contributed by atoms with van der Waals surface area (Å²) in [6, 6.07) is 5.07. The van der Waals surface area contributed by atoms with Crippen molar-refractivity contribution in [2.45, 2.75) is 10.4 Å². The van der Waals surface area contributed by atoms with E-state index in [4.69, 9.17) is 4.42 Å². The molecule has 1 fully saturated rings. The van der Waals surface area contributed by atoms with Crippen LogP contribution >= 0.6 is 0 Å². The van der Waals surface area contributed by atoms with Crippen molar-refractivity contribution in [3.8, 4) is 11.5 Å². The third-order valence-corrected chi connectivity index (χ3v) is 6.27. The zero-order chi connectivity index (χ0) is 17.6. The molecule has 10 heteroatoms. The summed E-state index contributed by atoms with van der Waals surface area (Å²) >= 11 is 0. The summed E-state index contributed by atoms with van der Waals surface area (Å²) in [6.45, 7) is 0.244. The zero-order valence-electron chi connectivity index (χ0n) is 13.3. The molecule has 0 spiro atoms. The average molecular weight is 361 g/mol. The predicted molar refractivity (Wildman–Crippen MR) is 86.4 cm³/mol. The lowest BCUT2D eigenvalue weighted by Crippen LogP contribution is -2.57. The van der Waals surface area contributed by atoms with E-state index in [1.54, 1.807) is 31.4 Å². The second-order valence-corrected chi connectivity index (χ2v) is 7.96. The molecule has 0 saturated carbocycles. The number of furan rings is 1. The third-order valence-electron chi connectivity index (χ3n) is 4.19. The van der Waals surface area contributed by atoms with E-state index in [0.717, 1.165) is 0 Å². The van der Waals surface area contributed by atoms with Crippen LogP contribution in [0.3, 0.4) is 0 Å². The maximum atomic E-state index is 12.5. The molecule has 1 N–H and O–H groups in total. The SMILES string of the molecule is Cn1ccnc1S(=O)(=O)C1CN(C(=O)c2cc(-c3ccco3)[nH]n2)C1. The largest absolute Gasteiger partial charge is 0.463 e. The first-order chi connectivity index (χ1) is 12.0. The quantitative estimate of drug-likeness (QED) is 0.732. The van der Waals surface area contributed by atoms with Crippen molar-refractivity contribution >= 4 is 15.7 Å². The van der Waals surface area contributed by atoms with Crippen LogP contribution in [0.4, 0.5) is 0 Å². The van der Waals surface area contributed by atoms with Crippen molar-refractivity contribution in [3.63, 3.8) is 0 Å². The number of imidazole rings is 1. The highest BCUT2D eigenvalue weighted by Crippen LogP contribution is 2.25. The molecule has 4 heterocycles. The highest BCUT2D eigenvalue weighted by molar-refractivity contribution is 7.92. The van der Waals surface area contributed by atoms with E-state index in [-0.39, 0.29) is 29.8 Å². The number of carbonyl (C=O) groups is 1. The number of nitrogens with zero attached hydrogens (tertiary/aromatic N) is 4. The van der Waals surface area contributed by atoms with Gasteiger partial charge in [-0.2, -0.15) is 5.10 Å². The minimum absolute atomic E-state index is 0.0180. The van der Waals surface area contributed by atoms with Gasteiger partial charge in [0.15, 0.2) is 11.5 Å². The summed E-state index contributed by atoms with van der Waals surface area (Å²) in [6.07, 6.45) is 4.54. The standard InChI is InChI=1S/C15H15N5O4S/c1-19-5-4-16-15(19)25(22,23)10-8-20(9-10)14(21)12-7-11(17-18-12)13-3-2-6-24-13/h2-7,10H,8-9H2,1H3,(H,17,18). The predicted octanol–water partition coefficient (Wildman–Crippen LogP) is 0.701. The fourth-order valence-electron chi connectivity index (χ4n) is 2.73. The van der Waals surface area contributed by atoms with E-state index >= 15 is 0 Å². The monoisotopic (exact) mass is 361 g/mol. The summed E-state index contributed by atoms with van der Waals surface area (Å²) in [4.78, 5) is 17.8. The molecule has 0 atom stereocenters. The molecule has 130 valence electrons. The zero-order valence-corrected chi connectivity index (χ0v) is 14.1. The summed E-state index contributed by atoms with van der Waals surface area (Å²) in [7, 11) is -1.93. The highest BCUT2D eigenvalue weighted by Gasteiger charge is 2.43.